The molecule has 1 fully saturated rings. The van der Waals surface area contributed by atoms with Gasteiger partial charge in [-0.15, -0.1) is 0 Å². The molecule has 4 aromatic rings. The zero-order chi connectivity index (χ0) is 28.6. The van der Waals surface area contributed by atoms with Gasteiger partial charge in [0.1, 0.15) is 22.9 Å². The highest BCUT2D eigenvalue weighted by Crippen LogP contribution is 2.31. The minimum atomic E-state index is -0.668. The van der Waals surface area contributed by atoms with Gasteiger partial charge in [0.25, 0.3) is 0 Å². The third kappa shape index (κ3) is 5.25. The van der Waals surface area contributed by atoms with Gasteiger partial charge in [0.2, 0.25) is 11.9 Å². The van der Waals surface area contributed by atoms with Crippen molar-refractivity contribution in [1.82, 2.24) is 34.3 Å². The SMILES string of the molecule is CCC(c1ccc(Nc2ncc(F)c(-c3cc(F)c4nc(C)n(C(C)C)c4c3)n2)nc1)N1CCN(CC)CC1=O. The number of carbonyl (C=O) groups excluding carboxylic acids is 1. The Morgan fingerprint density at radius 3 is 2.48 bits per heavy atom. The molecule has 0 spiro atoms. The number of aryl methyl sites for hydroxylation is 1. The largest absolute Gasteiger partial charge is 0.333 e. The zero-order valence-electron chi connectivity index (χ0n) is 23.4. The maximum Gasteiger partial charge on any atom is 0.237 e. The second-order valence-corrected chi connectivity index (χ2v) is 10.3. The van der Waals surface area contributed by atoms with Crippen molar-refractivity contribution >= 4 is 28.7 Å². The fourth-order valence-electron chi connectivity index (χ4n) is 5.45. The van der Waals surface area contributed by atoms with Crippen LogP contribution in [0.15, 0.2) is 36.7 Å². The molecule has 1 unspecified atom stereocenters. The van der Waals surface area contributed by atoms with Crippen molar-refractivity contribution in [3.63, 3.8) is 0 Å². The third-order valence-electron chi connectivity index (χ3n) is 7.42. The van der Waals surface area contributed by atoms with Crippen molar-refractivity contribution in [2.24, 2.45) is 0 Å². The molecule has 0 saturated carbocycles. The van der Waals surface area contributed by atoms with E-state index in [1.807, 2.05) is 36.3 Å². The van der Waals surface area contributed by atoms with Gasteiger partial charge in [-0.1, -0.05) is 19.9 Å². The second kappa shape index (κ2) is 11.2. The van der Waals surface area contributed by atoms with Crippen molar-refractivity contribution in [3.05, 3.63) is 59.7 Å². The number of pyridine rings is 1. The van der Waals surface area contributed by atoms with E-state index in [0.29, 0.717) is 30.2 Å². The Balaban J connectivity index is 1.39. The summed E-state index contributed by atoms with van der Waals surface area (Å²) >= 11 is 0. The van der Waals surface area contributed by atoms with Crippen molar-refractivity contribution in [2.45, 2.75) is 53.1 Å². The highest BCUT2D eigenvalue weighted by atomic mass is 19.1. The molecule has 210 valence electrons. The van der Waals surface area contributed by atoms with E-state index in [-0.39, 0.29) is 40.7 Å². The molecule has 3 aromatic heterocycles. The standard InChI is InChI=1S/C29H34F2N8O/c1-6-23(38-11-10-37(7-2)16-26(38)40)19-8-9-25(32-14-19)35-29-33-15-22(31)27(36-29)20-12-21(30)28-24(13-20)39(17(3)4)18(5)34-28/h8-9,12-15,17,23H,6-7,10-11,16H2,1-5H3,(H,32,33,35,36). The summed E-state index contributed by atoms with van der Waals surface area (Å²) in [5, 5.41) is 3.01. The molecule has 5 rings (SSSR count). The number of amides is 1. The van der Waals surface area contributed by atoms with Crippen LogP contribution in [-0.2, 0) is 4.79 Å². The van der Waals surface area contributed by atoms with Crippen molar-refractivity contribution in [1.29, 1.82) is 0 Å². The number of nitrogens with zero attached hydrogens (tertiary/aromatic N) is 7. The van der Waals surface area contributed by atoms with Crippen LogP contribution in [0.1, 0.15) is 57.6 Å². The smallest absolute Gasteiger partial charge is 0.237 e. The summed E-state index contributed by atoms with van der Waals surface area (Å²) in [5.41, 5.74) is 2.02. The molecule has 1 saturated heterocycles. The first kappa shape index (κ1) is 27.6. The van der Waals surface area contributed by atoms with E-state index >= 15 is 4.39 Å². The van der Waals surface area contributed by atoms with Crippen molar-refractivity contribution in [3.8, 4) is 11.3 Å². The Kier molecular flexibility index (Phi) is 7.75. The van der Waals surface area contributed by atoms with E-state index < -0.39 is 11.6 Å². The summed E-state index contributed by atoms with van der Waals surface area (Å²) in [4.78, 5) is 34.1. The van der Waals surface area contributed by atoms with Crippen molar-refractivity contribution in [2.75, 3.05) is 31.5 Å². The number of imidazole rings is 1. The van der Waals surface area contributed by atoms with Crippen LogP contribution >= 0.6 is 0 Å². The monoisotopic (exact) mass is 548 g/mol. The average molecular weight is 549 g/mol. The number of anilines is 2. The summed E-state index contributed by atoms with van der Waals surface area (Å²) in [6, 6.07) is 6.64. The number of hydrogen-bond acceptors (Lipinski definition) is 7. The van der Waals surface area contributed by atoms with E-state index in [2.05, 4.69) is 44.0 Å². The van der Waals surface area contributed by atoms with Gasteiger partial charge in [-0.05, 0) is 57.5 Å². The van der Waals surface area contributed by atoms with Gasteiger partial charge in [0.15, 0.2) is 11.6 Å². The van der Waals surface area contributed by atoms with E-state index in [0.717, 1.165) is 31.3 Å². The molecule has 9 nitrogen and oxygen atoms in total. The molecular weight excluding hydrogens is 514 g/mol. The number of carbonyl (C=O) groups is 1. The molecule has 1 N–H and O–H groups in total. The van der Waals surface area contributed by atoms with Crippen LogP contribution in [0.2, 0.25) is 0 Å². The number of hydrogen-bond donors (Lipinski definition) is 1. The molecule has 4 heterocycles. The lowest BCUT2D eigenvalue weighted by atomic mass is 10.0. The van der Waals surface area contributed by atoms with Gasteiger partial charge in [0.05, 0.1) is 24.3 Å². The highest BCUT2D eigenvalue weighted by Gasteiger charge is 2.29. The Hall–Kier alpha value is -3.99. The minimum Gasteiger partial charge on any atom is -0.333 e. The molecule has 1 aromatic carbocycles. The van der Waals surface area contributed by atoms with Gasteiger partial charge in [-0.3, -0.25) is 9.69 Å². The summed E-state index contributed by atoms with van der Waals surface area (Å²) in [6.07, 6.45) is 3.56. The number of piperazine rings is 1. The number of rotatable bonds is 8. The average Bonchev–Trinajstić information content (AvgIpc) is 3.28. The Morgan fingerprint density at radius 2 is 1.82 bits per heavy atom. The summed E-state index contributed by atoms with van der Waals surface area (Å²) in [6.45, 7) is 12.7. The van der Waals surface area contributed by atoms with E-state index in [1.165, 1.54) is 6.07 Å². The lowest BCUT2D eigenvalue weighted by Gasteiger charge is -2.38. The molecule has 0 radical (unpaired) electrons. The topological polar surface area (TPSA) is 92.1 Å². The zero-order valence-corrected chi connectivity index (χ0v) is 23.4. The first-order valence-corrected chi connectivity index (χ1v) is 13.7. The molecule has 40 heavy (non-hydrogen) atoms. The van der Waals surface area contributed by atoms with E-state index in [9.17, 15) is 9.18 Å². The normalized spacial score (nSPS) is 15.3. The Bertz CT molecular complexity index is 1540. The number of fused-ring (bicyclic) bond motifs is 1. The number of likely N-dealkylation sites (N-methyl/N-ethyl adjacent to an activating group) is 1. The maximum atomic E-state index is 15.0. The highest BCUT2D eigenvalue weighted by molar-refractivity contribution is 5.83. The van der Waals surface area contributed by atoms with Gasteiger partial charge in [0, 0.05) is 30.9 Å². The second-order valence-electron chi connectivity index (χ2n) is 10.3. The quantitative estimate of drug-likeness (QED) is 0.315. The summed E-state index contributed by atoms with van der Waals surface area (Å²) < 4.78 is 31.8. The molecule has 1 amide bonds. The van der Waals surface area contributed by atoms with Crippen LogP contribution < -0.4 is 5.32 Å². The van der Waals surface area contributed by atoms with E-state index in [4.69, 9.17) is 0 Å². The molecule has 1 atom stereocenters. The number of aromatic nitrogens is 5. The van der Waals surface area contributed by atoms with Crippen LogP contribution in [0.3, 0.4) is 0 Å². The van der Waals surface area contributed by atoms with Crippen LogP contribution in [0.5, 0.6) is 0 Å². The predicted octanol–water partition coefficient (Wildman–Crippen LogP) is 5.41. The number of benzene rings is 1. The van der Waals surface area contributed by atoms with Gasteiger partial charge in [-0.2, -0.15) is 0 Å². The fraction of sp³-hybridized carbons (Fsp3) is 0.414. The summed E-state index contributed by atoms with van der Waals surface area (Å²) in [5.74, 6) is 0.185. The maximum absolute atomic E-state index is 15.0. The Labute approximate surface area is 232 Å². The molecule has 1 aliphatic rings. The van der Waals surface area contributed by atoms with Crippen LogP contribution in [0, 0.1) is 18.6 Å². The predicted molar refractivity (Wildman–Crippen MR) is 150 cm³/mol. The molecule has 0 bridgehead atoms. The number of nitrogens with one attached hydrogen (secondary N) is 1. The molecule has 11 heteroatoms. The first-order chi connectivity index (χ1) is 19.2. The van der Waals surface area contributed by atoms with Crippen LogP contribution in [-0.4, -0.2) is 66.4 Å². The molecule has 1 aliphatic heterocycles. The molecular formula is C29H34F2N8O. The lowest BCUT2D eigenvalue weighted by molar-refractivity contribution is -0.138. The third-order valence-corrected chi connectivity index (χ3v) is 7.42. The van der Waals surface area contributed by atoms with Crippen LogP contribution in [0.4, 0.5) is 20.5 Å². The summed E-state index contributed by atoms with van der Waals surface area (Å²) in [7, 11) is 0. The lowest BCUT2D eigenvalue weighted by Crippen LogP contribution is -2.51. The Morgan fingerprint density at radius 1 is 1.02 bits per heavy atom. The molecule has 0 aliphatic carbocycles. The van der Waals surface area contributed by atoms with Gasteiger partial charge >= 0.3 is 0 Å². The minimum absolute atomic E-state index is 0.0279. The van der Waals surface area contributed by atoms with Gasteiger partial charge < -0.3 is 14.8 Å². The van der Waals surface area contributed by atoms with Crippen molar-refractivity contribution < 1.29 is 13.6 Å². The fourth-order valence-corrected chi connectivity index (χ4v) is 5.45. The number of halogens is 2. The van der Waals surface area contributed by atoms with Crippen LogP contribution in [0.25, 0.3) is 22.3 Å². The van der Waals surface area contributed by atoms with Gasteiger partial charge in [-0.25, -0.2) is 28.7 Å². The van der Waals surface area contributed by atoms with E-state index in [1.54, 1.807) is 18.3 Å². The first-order valence-electron chi connectivity index (χ1n) is 13.7.